The fraction of sp³-hybridized carbons (Fsp3) is 0.625. The largest absolute Gasteiger partial charge is 0.497 e. The zero-order chi connectivity index (χ0) is 15.2. The molecule has 0 aliphatic carbocycles. The highest BCUT2D eigenvalue weighted by molar-refractivity contribution is 5.59. The highest BCUT2D eigenvalue weighted by Crippen LogP contribution is 2.29. The maximum absolute atomic E-state index is 5.83. The fourth-order valence-corrected chi connectivity index (χ4v) is 2.50. The van der Waals surface area contributed by atoms with Crippen LogP contribution >= 0.6 is 0 Å². The molecule has 1 unspecified atom stereocenters. The van der Waals surface area contributed by atoms with Crippen LogP contribution in [0.25, 0.3) is 0 Å². The van der Waals surface area contributed by atoms with Crippen molar-refractivity contribution in [3.8, 4) is 11.5 Å². The Labute approximate surface area is 127 Å². The van der Waals surface area contributed by atoms with Crippen LogP contribution < -0.4 is 14.8 Å². The number of nitrogens with one attached hydrogen (secondary N) is 1. The summed E-state index contributed by atoms with van der Waals surface area (Å²) < 4.78 is 16.4. The molecular formula is C16H26N2O3. The van der Waals surface area contributed by atoms with Crippen molar-refractivity contribution in [3.63, 3.8) is 0 Å². The lowest BCUT2D eigenvalue weighted by Gasteiger charge is -2.35. The second-order valence-electron chi connectivity index (χ2n) is 5.53. The number of rotatable bonds is 6. The molecule has 0 radical (unpaired) electrons. The summed E-state index contributed by atoms with van der Waals surface area (Å²) in [7, 11) is 3.32. The lowest BCUT2D eigenvalue weighted by molar-refractivity contribution is -0.0315. The van der Waals surface area contributed by atoms with Crippen molar-refractivity contribution in [2.45, 2.75) is 26.0 Å². The van der Waals surface area contributed by atoms with Gasteiger partial charge in [-0.05, 0) is 26.0 Å². The molecule has 1 fully saturated rings. The van der Waals surface area contributed by atoms with Gasteiger partial charge in [-0.3, -0.25) is 4.90 Å². The molecule has 0 aromatic heterocycles. The van der Waals surface area contributed by atoms with Gasteiger partial charge in [-0.2, -0.15) is 0 Å². The van der Waals surface area contributed by atoms with E-state index in [1.807, 2.05) is 18.2 Å². The molecule has 1 aliphatic rings. The average Bonchev–Trinajstić information content (AvgIpc) is 2.53. The van der Waals surface area contributed by atoms with E-state index in [1.165, 1.54) is 0 Å². The van der Waals surface area contributed by atoms with Crippen LogP contribution in [0.4, 0.5) is 5.69 Å². The number of benzene rings is 1. The molecule has 1 aromatic rings. The van der Waals surface area contributed by atoms with Gasteiger partial charge in [0.05, 0.1) is 32.6 Å². The Bertz CT molecular complexity index is 451. The van der Waals surface area contributed by atoms with E-state index in [0.717, 1.165) is 43.4 Å². The van der Waals surface area contributed by atoms with Crippen LogP contribution in [0.2, 0.25) is 0 Å². The highest BCUT2D eigenvalue weighted by atomic mass is 16.5. The van der Waals surface area contributed by atoms with Crippen LogP contribution in [-0.2, 0) is 4.74 Å². The first-order valence-electron chi connectivity index (χ1n) is 7.45. The van der Waals surface area contributed by atoms with Gasteiger partial charge in [-0.15, -0.1) is 0 Å². The lowest BCUT2D eigenvalue weighted by Crippen LogP contribution is -2.48. The summed E-state index contributed by atoms with van der Waals surface area (Å²) in [5.74, 6) is 1.57. The maximum atomic E-state index is 5.83. The molecule has 5 nitrogen and oxygen atoms in total. The predicted molar refractivity (Wildman–Crippen MR) is 84.5 cm³/mol. The molecule has 1 heterocycles. The van der Waals surface area contributed by atoms with Crippen molar-refractivity contribution in [1.82, 2.24) is 4.90 Å². The normalized spacial score (nSPS) is 19.6. The SMILES string of the molecule is COc1ccc(NCC2CN(C(C)C)CCO2)c(OC)c1. The summed E-state index contributed by atoms with van der Waals surface area (Å²) in [6, 6.07) is 6.34. The van der Waals surface area contributed by atoms with Gasteiger partial charge >= 0.3 is 0 Å². The zero-order valence-corrected chi connectivity index (χ0v) is 13.4. The standard InChI is InChI=1S/C16H26N2O3/c1-12(2)18-7-8-21-14(11-18)10-17-15-6-5-13(19-3)9-16(15)20-4/h5-6,9,12,14,17H,7-8,10-11H2,1-4H3. The van der Waals surface area contributed by atoms with Gasteiger partial charge < -0.3 is 19.5 Å². The summed E-state index contributed by atoms with van der Waals surface area (Å²) in [5, 5.41) is 3.41. The molecule has 1 aromatic carbocycles. The molecule has 0 amide bonds. The first-order chi connectivity index (χ1) is 10.1. The Kier molecular flexibility index (Phi) is 5.70. The molecule has 0 spiro atoms. The van der Waals surface area contributed by atoms with Crippen molar-refractivity contribution in [1.29, 1.82) is 0 Å². The van der Waals surface area contributed by atoms with E-state index < -0.39 is 0 Å². The number of hydrogen-bond acceptors (Lipinski definition) is 5. The molecule has 5 heteroatoms. The molecule has 1 aliphatic heterocycles. The Balaban J connectivity index is 1.93. The highest BCUT2D eigenvalue weighted by Gasteiger charge is 2.22. The number of ether oxygens (including phenoxy) is 3. The smallest absolute Gasteiger partial charge is 0.145 e. The van der Waals surface area contributed by atoms with Gasteiger partial charge in [-0.1, -0.05) is 0 Å². The number of anilines is 1. The quantitative estimate of drug-likeness (QED) is 0.871. The third kappa shape index (κ3) is 4.25. The van der Waals surface area contributed by atoms with Crippen molar-refractivity contribution in [2.75, 3.05) is 45.8 Å². The summed E-state index contributed by atoms with van der Waals surface area (Å²) in [6.07, 6.45) is 0.202. The van der Waals surface area contributed by atoms with Crippen LogP contribution in [0.3, 0.4) is 0 Å². The molecule has 21 heavy (non-hydrogen) atoms. The van der Waals surface area contributed by atoms with E-state index >= 15 is 0 Å². The van der Waals surface area contributed by atoms with Gasteiger partial charge in [0.15, 0.2) is 0 Å². The van der Waals surface area contributed by atoms with Gasteiger partial charge in [0.1, 0.15) is 11.5 Å². The minimum absolute atomic E-state index is 0.202. The molecule has 0 saturated carbocycles. The van der Waals surface area contributed by atoms with E-state index in [-0.39, 0.29) is 6.10 Å². The van der Waals surface area contributed by atoms with Crippen LogP contribution in [0.5, 0.6) is 11.5 Å². The minimum atomic E-state index is 0.202. The van der Waals surface area contributed by atoms with Gasteiger partial charge in [0.2, 0.25) is 0 Å². The van der Waals surface area contributed by atoms with E-state index in [4.69, 9.17) is 14.2 Å². The molecule has 2 rings (SSSR count). The van der Waals surface area contributed by atoms with E-state index in [2.05, 4.69) is 24.1 Å². The summed E-state index contributed by atoms with van der Waals surface area (Å²) in [4.78, 5) is 2.45. The van der Waals surface area contributed by atoms with E-state index in [1.54, 1.807) is 14.2 Å². The average molecular weight is 294 g/mol. The molecular weight excluding hydrogens is 268 g/mol. The first kappa shape index (κ1) is 15.9. The van der Waals surface area contributed by atoms with Crippen molar-refractivity contribution >= 4 is 5.69 Å². The van der Waals surface area contributed by atoms with Crippen molar-refractivity contribution < 1.29 is 14.2 Å². The minimum Gasteiger partial charge on any atom is -0.497 e. The Morgan fingerprint density at radius 2 is 2.14 bits per heavy atom. The second kappa shape index (κ2) is 7.52. The van der Waals surface area contributed by atoms with E-state index in [9.17, 15) is 0 Å². The topological polar surface area (TPSA) is 43.0 Å². The fourth-order valence-electron chi connectivity index (χ4n) is 2.50. The van der Waals surface area contributed by atoms with Crippen molar-refractivity contribution in [3.05, 3.63) is 18.2 Å². The number of nitrogens with zero attached hydrogens (tertiary/aromatic N) is 1. The van der Waals surface area contributed by atoms with Gasteiger partial charge in [0, 0.05) is 31.7 Å². The Morgan fingerprint density at radius 1 is 1.33 bits per heavy atom. The van der Waals surface area contributed by atoms with Gasteiger partial charge in [-0.25, -0.2) is 0 Å². The third-order valence-corrected chi connectivity index (χ3v) is 3.83. The van der Waals surface area contributed by atoms with Crippen LogP contribution in [0.1, 0.15) is 13.8 Å². The van der Waals surface area contributed by atoms with Crippen LogP contribution in [-0.4, -0.2) is 57.5 Å². The van der Waals surface area contributed by atoms with Crippen molar-refractivity contribution in [2.24, 2.45) is 0 Å². The molecule has 1 N–H and O–H groups in total. The molecule has 1 saturated heterocycles. The van der Waals surface area contributed by atoms with Gasteiger partial charge in [0.25, 0.3) is 0 Å². The monoisotopic (exact) mass is 294 g/mol. The van der Waals surface area contributed by atoms with Crippen LogP contribution in [0.15, 0.2) is 18.2 Å². The summed E-state index contributed by atoms with van der Waals surface area (Å²) in [6.45, 7) is 7.99. The second-order valence-corrected chi connectivity index (χ2v) is 5.53. The first-order valence-corrected chi connectivity index (χ1v) is 7.45. The predicted octanol–water partition coefficient (Wildman–Crippen LogP) is 2.22. The summed E-state index contributed by atoms with van der Waals surface area (Å²) >= 11 is 0. The summed E-state index contributed by atoms with van der Waals surface area (Å²) in [5.41, 5.74) is 0.962. The van der Waals surface area contributed by atoms with E-state index in [0.29, 0.717) is 6.04 Å². The lowest BCUT2D eigenvalue weighted by atomic mass is 10.2. The number of morpholine rings is 1. The number of hydrogen-bond donors (Lipinski definition) is 1. The Hall–Kier alpha value is -1.46. The van der Waals surface area contributed by atoms with Crippen LogP contribution in [0, 0.1) is 0 Å². The third-order valence-electron chi connectivity index (χ3n) is 3.83. The zero-order valence-electron chi connectivity index (χ0n) is 13.4. The molecule has 118 valence electrons. The Morgan fingerprint density at radius 3 is 2.81 bits per heavy atom. The maximum Gasteiger partial charge on any atom is 0.145 e. The number of methoxy groups -OCH3 is 2. The molecule has 0 bridgehead atoms. The molecule has 1 atom stereocenters.